The molecular weight excluding hydrogens is 288 g/mol. The summed E-state index contributed by atoms with van der Waals surface area (Å²) in [6, 6.07) is 7.92. The monoisotopic (exact) mass is 302 g/mol. The Kier molecular flexibility index (Phi) is 4.17. The lowest BCUT2D eigenvalue weighted by Crippen LogP contribution is -2.19. The first kappa shape index (κ1) is 15.2. The maximum atomic E-state index is 11.8. The van der Waals surface area contributed by atoms with E-state index < -0.39 is 23.3 Å². The van der Waals surface area contributed by atoms with Gasteiger partial charge in [-0.25, -0.2) is 4.79 Å². The zero-order chi connectivity index (χ0) is 16.3. The van der Waals surface area contributed by atoms with Crippen molar-refractivity contribution in [1.82, 2.24) is 0 Å². The summed E-state index contributed by atoms with van der Waals surface area (Å²) in [5.41, 5.74) is 0.961. The van der Waals surface area contributed by atoms with E-state index in [0.717, 1.165) is 12.1 Å². The van der Waals surface area contributed by atoms with Gasteiger partial charge in [-0.15, -0.1) is 0 Å². The Morgan fingerprint density at radius 2 is 1.50 bits per heavy atom. The lowest BCUT2D eigenvalue weighted by Gasteiger charge is -2.10. The third-order valence-electron chi connectivity index (χ3n) is 2.85. The molecule has 0 aliphatic rings. The van der Waals surface area contributed by atoms with Crippen molar-refractivity contribution in [3.05, 3.63) is 42.0 Å². The van der Waals surface area contributed by atoms with Crippen molar-refractivity contribution in [1.29, 1.82) is 0 Å². The van der Waals surface area contributed by atoms with E-state index in [1.165, 1.54) is 13.0 Å². The SMILES string of the molecule is CC(=O)c1cccc(NC(=O)Nc2cc(O)c(O)c(O)c2)c1. The molecule has 7 heteroatoms. The van der Waals surface area contributed by atoms with Gasteiger partial charge in [0.2, 0.25) is 0 Å². The number of phenols is 3. The minimum Gasteiger partial charge on any atom is -0.504 e. The van der Waals surface area contributed by atoms with E-state index in [1.54, 1.807) is 18.2 Å². The number of Topliss-reactive ketones (excluding diaryl/α,β-unsaturated/α-hetero) is 1. The number of hydrogen-bond donors (Lipinski definition) is 5. The largest absolute Gasteiger partial charge is 0.504 e. The van der Waals surface area contributed by atoms with E-state index in [4.69, 9.17) is 0 Å². The number of urea groups is 1. The molecule has 0 aliphatic carbocycles. The number of rotatable bonds is 3. The van der Waals surface area contributed by atoms with Crippen LogP contribution in [0.15, 0.2) is 36.4 Å². The van der Waals surface area contributed by atoms with Crippen LogP contribution in [-0.4, -0.2) is 27.1 Å². The molecule has 0 atom stereocenters. The second kappa shape index (κ2) is 6.04. The highest BCUT2D eigenvalue weighted by Gasteiger charge is 2.10. The molecule has 0 saturated heterocycles. The van der Waals surface area contributed by atoms with Crippen molar-refractivity contribution >= 4 is 23.2 Å². The van der Waals surface area contributed by atoms with Crippen LogP contribution in [0.1, 0.15) is 17.3 Å². The van der Waals surface area contributed by atoms with Gasteiger partial charge < -0.3 is 26.0 Å². The molecule has 0 bridgehead atoms. The number of carbonyl (C=O) groups is 2. The molecule has 114 valence electrons. The second-order valence-electron chi connectivity index (χ2n) is 4.58. The summed E-state index contributed by atoms with van der Waals surface area (Å²) in [7, 11) is 0. The van der Waals surface area contributed by atoms with Gasteiger partial charge >= 0.3 is 6.03 Å². The van der Waals surface area contributed by atoms with E-state index in [2.05, 4.69) is 10.6 Å². The Labute approximate surface area is 125 Å². The highest BCUT2D eigenvalue weighted by molar-refractivity contribution is 6.01. The number of anilines is 2. The summed E-state index contributed by atoms with van der Waals surface area (Å²) in [5.74, 6) is -1.92. The number of hydrogen-bond acceptors (Lipinski definition) is 5. The van der Waals surface area contributed by atoms with Gasteiger partial charge in [-0.05, 0) is 19.1 Å². The number of ketones is 1. The highest BCUT2D eigenvalue weighted by Crippen LogP contribution is 2.37. The van der Waals surface area contributed by atoms with Crippen LogP contribution in [0.2, 0.25) is 0 Å². The molecule has 5 N–H and O–H groups in total. The van der Waals surface area contributed by atoms with Gasteiger partial charge in [0.1, 0.15) is 0 Å². The molecule has 0 fully saturated rings. The standard InChI is InChI=1S/C15H14N2O5/c1-8(18)9-3-2-4-10(5-9)16-15(22)17-11-6-12(19)14(21)13(20)7-11/h2-7,19-21H,1H3,(H2,16,17,22). The van der Waals surface area contributed by atoms with Crippen molar-refractivity contribution in [2.24, 2.45) is 0 Å². The fourth-order valence-electron chi connectivity index (χ4n) is 1.79. The fraction of sp³-hybridized carbons (Fsp3) is 0.0667. The normalized spacial score (nSPS) is 10.0. The van der Waals surface area contributed by atoms with E-state index in [0.29, 0.717) is 11.3 Å². The molecule has 0 aliphatic heterocycles. The molecule has 2 amide bonds. The molecule has 0 unspecified atom stereocenters. The van der Waals surface area contributed by atoms with Gasteiger partial charge in [0.15, 0.2) is 23.0 Å². The van der Waals surface area contributed by atoms with Crippen LogP contribution in [0.25, 0.3) is 0 Å². The van der Waals surface area contributed by atoms with E-state index in [9.17, 15) is 24.9 Å². The fourth-order valence-corrected chi connectivity index (χ4v) is 1.79. The van der Waals surface area contributed by atoms with Crippen molar-refractivity contribution in [2.45, 2.75) is 6.92 Å². The Hall–Kier alpha value is -3.22. The van der Waals surface area contributed by atoms with Crippen LogP contribution in [-0.2, 0) is 0 Å². The first-order valence-electron chi connectivity index (χ1n) is 6.31. The van der Waals surface area contributed by atoms with Gasteiger partial charge in [0.05, 0.1) is 5.69 Å². The van der Waals surface area contributed by atoms with E-state index in [-0.39, 0.29) is 11.5 Å². The topological polar surface area (TPSA) is 119 Å². The van der Waals surface area contributed by atoms with Crippen molar-refractivity contribution in [3.8, 4) is 17.2 Å². The van der Waals surface area contributed by atoms with Crippen LogP contribution in [0, 0.1) is 0 Å². The predicted molar refractivity (Wildman–Crippen MR) is 80.5 cm³/mol. The van der Waals surface area contributed by atoms with Crippen molar-refractivity contribution < 1.29 is 24.9 Å². The summed E-state index contributed by atoms with van der Waals surface area (Å²) in [4.78, 5) is 23.1. The minimum absolute atomic E-state index is 0.0908. The molecule has 22 heavy (non-hydrogen) atoms. The maximum absolute atomic E-state index is 11.8. The minimum atomic E-state index is -0.667. The van der Waals surface area contributed by atoms with Gasteiger partial charge in [-0.3, -0.25) is 4.79 Å². The Bertz CT molecular complexity index is 719. The number of carbonyl (C=O) groups excluding carboxylic acids is 2. The lowest BCUT2D eigenvalue weighted by molar-refractivity contribution is 0.101. The molecular formula is C15H14N2O5. The summed E-state index contributed by atoms with van der Waals surface area (Å²) in [6.07, 6.45) is 0. The number of aromatic hydroxyl groups is 3. The molecule has 0 aromatic heterocycles. The van der Waals surface area contributed by atoms with Crippen LogP contribution in [0.3, 0.4) is 0 Å². The zero-order valence-corrected chi connectivity index (χ0v) is 11.6. The second-order valence-corrected chi connectivity index (χ2v) is 4.58. The Morgan fingerprint density at radius 1 is 0.909 bits per heavy atom. The highest BCUT2D eigenvalue weighted by atomic mass is 16.3. The zero-order valence-electron chi connectivity index (χ0n) is 11.6. The number of phenolic OH excluding ortho intramolecular Hbond substituents is 3. The Balaban J connectivity index is 2.10. The summed E-state index contributed by atoms with van der Waals surface area (Å²) in [5, 5.41) is 32.8. The van der Waals surface area contributed by atoms with E-state index >= 15 is 0 Å². The molecule has 0 radical (unpaired) electrons. The van der Waals surface area contributed by atoms with Gasteiger partial charge in [0.25, 0.3) is 0 Å². The van der Waals surface area contributed by atoms with Crippen molar-refractivity contribution in [2.75, 3.05) is 10.6 Å². The molecule has 2 rings (SSSR count). The number of nitrogens with one attached hydrogen (secondary N) is 2. The average Bonchev–Trinajstić information content (AvgIpc) is 2.44. The van der Waals surface area contributed by atoms with Gasteiger partial charge in [-0.1, -0.05) is 12.1 Å². The molecule has 0 saturated carbocycles. The van der Waals surface area contributed by atoms with Gasteiger partial charge in [-0.2, -0.15) is 0 Å². The summed E-state index contributed by atoms with van der Waals surface area (Å²) in [6.45, 7) is 1.42. The van der Waals surface area contributed by atoms with Crippen LogP contribution < -0.4 is 10.6 Å². The van der Waals surface area contributed by atoms with Gasteiger partial charge in [0, 0.05) is 23.4 Å². The quantitative estimate of drug-likeness (QED) is 0.339. The Morgan fingerprint density at radius 3 is 2.09 bits per heavy atom. The summed E-state index contributed by atoms with van der Waals surface area (Å²) < 4.78 is 0. The predicted octanol–water partition coefficient (Wildman–Crippen LogP) is 2.65. The summed E-state index contributed by atoms with van der Waals surface area (Å²) >= 11 is 0. The third-order valence-corrected chi connectivity index (χ3v) is 2.85. The van der Waals surface area contributed by atoms with Crippen LogP contribution in [0.5, 0.6) is 17.2 Å². The molecule has 0 spiro atoms. The third kappa shape index (κ3) is 3.45. The van der Waals surface area contributed by atoms with Crippen molar-refractivity contribution in [3.63, 3.8) is 0 Å². The number of amides is 2. The van der Waals surface area contributed by atoms with Crippen LogP contribution in [0.4, 0.5) is 16.2 Å². The maximum Gasteiger partial charge on any atom is 0.323 e. The number of benzene rings is 2. The molecule has 2 aromatic carbocycles. The molecule has 7 nitrogen and oxygen atoms in total. The smallest absolute Gasteiger partial charge is 0.323 e. The first-order chi connectivity index (χ1) is 10.4. The first-order valence-corrected chi connectivity index (χ1v) is 6.31. The molecule has 2 aromatic rings. The lowest BCUT2D eigenvalue weighted by atomic mass is 10.1. The molecule has 0 heterocycles. The average molecular weight is 302 g/mol. The van der Waals surface area contributed by atoms with Crippen LogP contribution >= 0.6 is 0 Å². The van der Waals surface area contributed by atoms with E-state index in [1.807, 2.05) is 0 Å².